The first kappa shape index (κ1) is 15.0. The third-order valence-corrected chi connectivity index (χ3v) is 4.06. The van der Waals surface area contributed by atoms with Crippen LogP contribution in [0.5, 0.6) is 0 Å². The van der Waals surface area contributed by atoms with Gasteiger partial charge in [-0.2, -0.15) is 0 Å². The molecule has 0 heterocycles. The van der Waals surface area contributed by atoms with Crippen LogP contribution >= 0.6 is 0 Å². The molecule has 0 aliphatic heterocycles. The van der Waals surface area contributed by atoms with Crippen LogP contribution in [0.2, 0.25) is 0 Å². The topological polar surface area (TPSA) is 58.6 Å². The second-order valence-electron chi connectivity index (χ2n) is 5.49. The molecule has 20 heavy (non-hydrogen) atoms. The van der Waals surface area contributed by atoms with Gasteiger partial charge in [0.1, 0.15) is 5.54 Å². The highest BCUT2D eigenvalue weighted by Gasteiger charge is 2.43. The summed E-state index contributed by atoms with van der Waals surface area (Å²) in [5, 5.41) is 13.0. The van der Waals surface area contributed by atoms with E-state index in [4.69, 9.17) is 4.74 Å². The van der Waals surface area contributed by atoms with Gasteiger partial charge in [0.05, 0.1) is 13.7 Å². The minimum absolute atomic E-state index is 0.00758. The predicted octanol–water partition coefficient (Wildman–Crippen LogP) is 1.67. The Kier molecular flexibility index (Phi) is 5.15. The van der Waals surface area contributed by atoms with Crippen LogP contribution in [0.4, 0.5) is 0 Å². The molecule has 4 heteroatoms. The van der Waals surface area contributed by atoms with Gasteiger partial charge in [-0.1, -0.05) is 43.2 Å². The van der Waals surface area contributed by atoms with Crippen molar-refractivity contribution in [2.24, 2.45) is 0 Å². The third-order valence-electron chi connectivity index (χ3n) is 4.06. The molecule has 1 atom stereocenters. The summed E-state index contributed by atoms with van der Waals surface area (Å²) >= 11 is 0. The van der Waals surface area contributed by atoms with Crippen LogP contribution in [0.1, 0.15) is 31.2 Å². The average Bonchev–Trinajstić information content (AvgIpc) is 2.96. The molecule has 1 aliphatic carbocycles. The Bertz CT molecular complexity index is 427. The van der Waals surface area contributed by atoms with Crippen LogP contribution in [0.3, 0.4) is 0 Å². The number of methoxy groups -OCH3 is 1. The number of hydrogen-bond donors (Lipinski definition) is 2. The van der Waals surface area contributed by atoms with Gasteiger partial charge in [-0.05, 0) is 24.8 Å². The summed E-state index contributed by atoms with van der Waals surface area (Å²) in [6.45, 7) is 0.00758. The van der Waals surface area contributed by atoms with E-state index < -0.39 is 5.54 Å². The summed E-state index contributed by atoms with van der Waals surface area (Å²) in [7, 11) is 1.43. The smallest absolute Gasteiger partial charge is 0.326 e. The van der Waals surface area contributed by atoms with Gasteiger partial charge in [0, 0.05) is 6.04 Å². The number of aliphatic hydroxyl groups excluding tert-OH is 1. The third kappa shape index (κ3) is 3.38. The molecule has 2 N–H and O–H groups in total. The maximum absolute atomic E-state index is 12.1. The Morgan fingerprint density at radius 3 is 2.55 bits per heavy atom. The van der Waals surface area contributed by atoms with E-state index >= 15 is 0 Å². The fraction of sp³-hybridized carbons (Fsp3) is 0.562. The van der Waals surface area contributed by atoms with Crippen LogP contribution in [0.15, 0.2) is 30.3 Å². The van der Waals surface area contributed by atoms with Gasteiger partial charge in [-0.15, -0.1) is 0 Å². The normalized spacial score (nSPS) is 18.7. The van der Waals surface area contributed by atoms with Gasteiger partial charge in [-0.25, -0.2) is 0 Å². The van der Waals surface area contributed by atoms with E-state index in [1.807, 2.05) is 30.3 Å². The predicted molar refractivity (Wildman–Crippen MR) is 77.4 cm³/mol. The molecule has 0 radical (unpaired) electrons. The Hall–Kier alpha value is -1.39. The monoisotopic (exact) mass is 277 g/mol. The second kappa shape index (κ2) is 6.86. The van der Waals surface area contributed by atoms with Gasteiger partial charge in [0.15, 0.2) is 0 Å². The summed E-state index contributed by atoms with van der Waals surface area (Å²) in [6.07, 6.45) is 4.31. The Labute approximate surface area is 120 Å². The zero-order valence-corrected chi connectivity index (χ0v) is 12.0. The molecule has 4 nitrogen and oxygen atoms in total. The molecular weight excluding hydrogens is 254 g/mol. The largest absolute Gasteiger partial charge is 0.468 e. The number of carbonyl (C=O) groups is 1. The maximum Gasteiger partial charge on any atom is 0.326 e. The number of benzene rings is 1. The fourth-order valence-electron chi connectivity index (χ4n) is 3.03. The quantitative estimate of drug-likeness (QED) is 0.777. The number of aliphatic hydroxyl groups is 1. The Morgan fingerprint density at radius 2 is 2.00 bits per heavy atom. The van der Waals surface area contributed by atoms with E-state index in [-0.39, 0.29) is 18.6 Å². The molecule has 0 amide bonds. The van der Waals surface area contributed by atoms with E-state index in [1.165, 1.54) is 7.11 Å². The van der Waals surface area contributed by atoms with Crippen molar-refractivity contribution in [2.75, 3.05) is 13.7 Å². The van der Waals surface area contributed by atoms with E-state index in [2.05, 4.69) is 5.32 Å². The molecule has 0 spiro atoms. The minimum atomic E-state index is -0.614. The van der Waals surface area contributed by atoms with Crippen LogP contribution in [-0.4, -0.2) is 36.4 Å². The number of carbonyl (C=O) groups excluding carboxylic acids is 1. The number of hydrogen-bond acceptors (Lipinski definition) is 4. The molecular formula is C16H23NO3. The Morgan fingerprint density at radius 1 is 1.35 bits per heavy atom. The summed E-state index contributed by atoms with van der Waals surface area (Å²) in [5.74, 6) is -0.207. The van der Waals surface area contributed by atoms with Crippen molar-refractivity contribution in [3.63, 3.8) is 0 Å². The average molecular weight is 277 g/mol. The molecule has 0 unspecified atom stereocenters. The lowest BCUT2D eigenvalue weighted by Crippen LogP contribution is -2.56. The van der Waals surface area contributed by atoms with Crippen LogP contribution in [-0.2, 0) is 16.0 Å². The van der Waals surface area contributed by atoms with Crippen molar-refractivity contribution >= 4 is 5.97 Å². The van der Waals surface area contributed by atoms with E-state index in [1.54, 1.807) is 0 Å². The number of rotatable bonds is 6. The first-order chi connectivity index (χ1) is 9.70. The van der Waals surface area contributed by atoms with E-state index in [9.17, 15) is 9.90 Å². The lowest BCUT2D eigenvalue weighted by molar-refractivity contribution is -0.149. The first-order valence-electron chi connectivity index (χ1n) is 7.21. The number of nitrogens with one attached hydrogen (secondary N) is 1. The highest BCUT2D eigenvalue weighted by atomic mass is 16.5. The second-order valence-corrected chi connectivity index (χ2v) is 5.49. The molecule has 0 bridgehead atoms. The summed E-state index contributed by atoms with van der Waals surface area (Å²) < 4.78 is 4.95. The molecule has 110 valence electrons. The number of ether oxygens (including phenoxy) is 1. The minimum Gasteiger partial charge on any atom is -0.468 e. The lowest BCUT2D eigenvalue weighted by Gasteiger charge is -2.31. The SMILES string of the molecule is COC(=O)C1(N[C@H](CO)Cc2ccccc2)CCCC1. The zero-order valence-electron chi connectivity index (χ0n) is 12.0. The van der Waals surface area contributed by atoms with Crippen molar-refractivity contribution in [3.8, 4) is 0 Å². The molecule has 1 fully saturated rings. The van der Waals surface area contributed by atoms with Gasteiger partial charge < -0.3 is 9.84 Å². The van der Waals surface area contributed by atoms with Crippen LogP contribution in [0.25, 0.3) is 0 Å². The molecule has 1 saturated carbocycles. The van der Waals surface area contributed by atoms with Gasteiger partial charge in [-0.3, -0.25) is 10.1 Å². The molecule has 0 aromatic heterocycles. The fourth-order valence-corrected chi connectivity index (χ4v) is 3.03. The van der Waals surface area contributed by atoms with Crippen LogP contribution < -0.4 is 5.32 Å². The highest BCUT2D eigenvalue weighted by molar-refractivity contribution is 5.81. The van der Waals surface area contributed by atoms with E-state index in [0.717, 1.165) is 31.2 Å². The van der Waals surface area contributed by atoms with Crippen molar-refractivity contribution in [1.82, 2.24) is 5.32 Å². The Balaban J connectivity index is 2.06. The molecule has 1 aromatic rings. The van der Waals surface area contributed by atoms with Crippen molar-refractivity contribution < 1.29 is 14.6 Å². The molecule has 0 saturated heterocycles. The number of esters is 1. The molecule has 1 aliphatic rings. The van der Waals surface area contributed by atoms with E-state index in [0.29, 0.717) is 6.42 Å². The zero-order chi connectivity index (χ0) is 14.4. The lowest BCUT2D eigenvalue weighted by atomic mass is 9.94. The molecule has 2 rings (SSSR count). The molecule has 1 aromatic carbocycles. The van der Waals surface area contributed by atoms with Gasteiger partial charge in [0.25, 0.3) is 0 Å². The van der Waals surface area contributed by atoms with Crippen molar-refractivity contribution in [2.45, 2.75) is 43.7 Å². The van der Waals surface area contributed by atoms with Crippen molar-refractivity contribution in [1.29, 1.82) is 0 Å². The van der Waals surface area contributed by atoms with Gasteiger partial charge in [0.2, 0.25) is 0 Å². The first-order valence-corrected chi connectivity index (χ1v) is 7.21. The summed E-state index contributed by atoms with van der Waals surface area (Å²) in [4.78, 5) is 12.1. The van der Waals surface area contributed by atoms with Crippen LogP contribution in [0, 0.1) is 0 Å². The highest BCUT2D eigenvalue weighted by Crippen LogP contribution is 2.31. The summed E-state index contributed by atoms with van der Waals surface area (Å²) in [5.41, 5.74) is 0.536. The standard InChI is InChI=1S/C16H23NO3/c1-20-15(19)16(9-5-6-10-16)17-14(12-18)11-13-7-3-2-4-8-13/h2-4,7-8,14,17-18H,5-6,9-12H2,1H3/t14-/m0/s1. The van der Waals surface area contributed by atoms with Crippen molar-refractivity contribution in [3.05, 3.63) is 35.9 Å². The van der Waals surface area contributed by atoms with Gasteiger partial charge >= 0.3 is 5.97 Å². The maximum atomic E-state index is 12.1. The summed E-state index contributed by atoms with van der Waals surface area (Å²) in [6, 6.07) is 9.87.